The van der Waals surface area contributed by atoms with E-state index in [-0.39, 0.29) is 0 Å². The third kappa shape index (κ3) is 6.46. The molecular formula is C24H40O17. The van der Waals surface area contributed by atoms with Crippen LogP contribution in [0.5, 0.6) is 0 Å². The molecule has 0 aromatic heterocycles. The van der Waals surface area contributed by atoms with Crippen molar-refractivity contribution in [2.45, 2.75) is 144 Å². The summed E-state index contributed by atoms with van der Waals surface area (Å²) >= 11 is 0. The van der Waals surface area contributed by atoms with Gasteiger partial charge in [0.05, 0.1) is 18.3 Å². The molecule has 41 heavy (non-hydrogen) atoms. The Morgan fingerprint density at radius 3 is 1.46 bits per heavy atom. The van der Waals surface area contributed by atoms with Gasteiger partial charge >= 0.3 is 0 Å². The topological polar surface area (TPSA) is 264 Å². The Kier molecular flexibility index (Phi) is 10.4. The van der Waals surface area contributed by atoms with Crippen LogP contribution in [0.1, 0.15) is 27.7 Å². The van der Waals surface area contributed by atoms with Gasteiger partial charge < -0.3 is 79.1 Å². The molecule has 17 nitrogen and oxygen atoms in total. The van der Waals surface area contributed by atoms with Crippen molar-refractivity contribution in [3.8, 4) is 0 Å². The summed E-state index contributed by atoms with van der Waals surface area (Å²) < 4.78 is 39.0. The number of aliphatic hydroxyl groups is 9. The molecule has 0 spiro atoms. The number of carbonyl (C=O) groups is 1. The SMILES string of the molecule is C[C@H]1O[C@@H](O)[C@H](O)[C@@H](O[C@@H]2O[C@H](C)[C@@H](O[C@@H]3O[C@H](C)[C@H](O)[C@H](O)[C@H]3O)[C@H](O)[C@H]2O[C@@H]2O[C@H](C)[C@@H](O)[C@H](O)[C@H]2O)C1=O. The normalized spacial score (nSPS) is 55.1. The molecule has 0 aromatic rings. The monoisotopic (exact) mass is 600 g/mol. The quantitative estimate of drug-likeness (QED) is 0.138. The van der Waals surface area contributed by atoms with Gasteiger partial charge in [-0.2, -0.15) is 0 Å². The highest BCUT2D eigenvalue weighted by atomic mass is 16.8. The first-order chi connectivity index (χ1) is 19.1. The molecule has 9 N–H and O–H groups in total. The maximum Gasteiger partial charge on any atom is 0.192 e. The van der Waals surface area contributed by atoms with Gasteiger partial charge in [-0.25, -0.2) is 0 Å². The molecule has 0 amide bonds. The predicted molar refractivity (Wildman–Crippen MR) is 127 cm³/mol. The summed E-state index contributed by atoms with van der Waals surface area (Å²) in [6.07, 6.45) is -29.1. The van der Waals surface area contributed by atoms with Crippen LogP contribution in [0, 0.1) is 0 Å². The average molecular weight is 601 g/mol. The molecule has 4 saturated heterocycles. The van der Waals surface area contributed by atoms with Gasteiger partial charge in [0.25, 0.3) is 0 Å². The van der Waals surface area contributed by atoms with E-state index in [9.17, 15) is 50.8 Å². The summed E-state index contributed by atoms with van der Waals surface area (Å²) in [5, 5.41) is 93.1. The molecule has 4 fully saturated rings. The number of aliphatic hydroxyl groups excluding tert-OH is 9. The van der Waals surface area contributed by atoms with Gasteiger partial charge in [-0.1, -0.05) is 0 Å². The fourth-order valence-corrected chi connectivity index (χ4v) is 5.20. The number of ether oxygens (including phenoxy) is 7. The molecule has 4 heterocycles. The summed E-state index contributed by atoms with van der Waals surface area (Å²) in [5.74, 6) is -0.757. The summed E-state index contributed by atoms with van der Waals surface area (Å²) in [6, 6.07) is 0. The molecule has 0 saturated carbocycles. The van der Waals surface area contributed by atoms with Gasteiger partial charge in [-0.05, 0) is 27.7 Å². The van der Waals surface area contributed by atoms with E-state index >= 15 is 0 Å². The first-order valence-electron chi connectivity index (χ1n) is 13.4. The van der Waals surface area contributed by atoms with Crippen molar-refractivity contribution in [1.82, 2.24) is 0 Å². The largest absolute Gasteiger partial charge is 0.388 e. The third-order valence-electron chi connectivity index (χ3n) is 7.86. The number of hydrogen-bond acceptors (Lipinski definition) is 17. The van der Waals surface area contributed by atoms with E-state index < -0.39 is 123 Å². The van der Waals surface area contributed by atoms with Crippen LogP contribution in [0.3, 0.4) is 0 Å². The van der Waals surface area contributed by atoms with E-state index in [2.05, 4.69) is 0 Å². The molecule has 0 radical (unpaired) electrons. The lowest BCUT2D eigenvalue weighted by molar-refractivity contribution is -0.388. The molecule has 0 unspecified atom stereocenters. The van der Waals surface area contributed by atoms with Gasteiger partial charge in [0.15, 0.2) is 37.0 Å². The van der Waals surface area contributed by atoms with Crippen molar-refractivity contribution in [2.24, 2.45) is 0 Å². The van der Waals surface area contributed by atoms with E-state index in [1.165, 1.54) is 27.7 Å². The second kappa shape index (κ2) is 12.9. The maximum absolute atomic E-state index is 12.7. The van der Waals surface area contributed by atoms with Crippen molar-refractivity contribution in [3.05, 3.63) is 0 Å². The fourth-order valence-electron chi connectivity index (χ4n) is 5.20. The minimum absolute atomic E-state index is 0.757. The van der Waals surface area contributed by atoms with Crippen molar-refractivity contribution in [1.29, 1.82) is 0 Å². The van der Waals surface area contributed by atoms with Crippen LogP contribution in [0.25, 0.3) is 0 Å². The molecule has 0 aliphatic carbocycles. The Morgan fingerprint density at radius 2 is 0.951 bits per heavy atom. The lowest BCUT2D eigenvalue weighted by atomic mass is 9.96. The molecule has 19 atom stereocenters. The van der Waals surface area contributed by atoms with Gasteiger partial charge in [-0.3, -0.25) is 4.79 Å². The Bertz CT molecular complexity index is 894. The highest BCUT2D eigenvalue weighted by Crippen LogP contribution is 2.34. The van der Waals surface area contributed by atoms with Crippen molar-refractivity contribution < 1.29 is 83.9 Å². The van der Waals surface area contributed by atoms with Crippen LogP contribution < -0.4 is 0 Å². The van der Waals surface area contributed by atoms with Gasteiger partial charge in [0, 0.05) is 0 Å². The zero-order chi connectivity index (χ0) is 30.5. The average Bonchev–Trinajstić information content (AvgIpc) is 2.92. The van der Waals surface area contributed by atoms with E-state index in [4.69, 9.17) is 33.2 Å². The summed E-state index contributed by atoms with van der Waals surface area (Å²) in [7, 11) is 0. The number of ketones is 1. The van der Waals surface area contributed by atoms with Crippen molar-refractivity contribution in [2.75, 3.05) is 0 Å². The molecular weight excluding hydrogens is 560 g/mol. The maximum atomic E-state index is 12.7. The molecule has 4 rings (SSSR count). The van der Waals surface area contributed by atoms with Gasteiger partial charge in [-0.15, -0.1) is 0 Å². The first kappa shape index (κ1) is 32.9. The van der Waals surface area contributed by atoms with E-state index in [1.54, 1.807) is 0 Å². The minimum Gasteiger partial charge on any atom is -0.388 e. The highest BCUT2D eigenvalue weighted by Gasteiger charge is 2.54. The highest BCUT2D eigenvalue weighted by molar-refractivity contribution is 5.88. The van der Waals surface area contributed by atoms with Crippen LogP contribution in [0.15, 0.2) is 0 Å². The van der Waals surface area contributed by atoms with Crippen LogP contribution in [-0.2, 0) is 38.0 Å². The number of hydrogen-bond donors (Lipinski definition) is 9. The molecule has 4 aliphatic rings. The molecule has 0 aromatic carbocycles. The van der Waals surface area contributed by atoms with Crippen LogP contribution in [-0.4, -0.2) is 168 Å². The number of carbonyl (C=O) groups excluding carboxylic acids is 1. The summed E-state index contributed by atoms with van der Waals surface area (Å²) in [5.41, 5.74) is 0. The summed E-state index contributed by atoms with van der Waals surface area (Å²) in [6.45, 7) is 5.58. The molecule has 238 valence electrons. The Morgan fingerprint density at radius 1 is 0.488 bits per heavy atom. The Labute approximate surface area is 234 Å². The van der Waals surface area contributed by atoms with Crippen molar-refractivity contribution in [3.63, 3.8) is 0 Å². The summed E-state index contributed by atoms with van der Waals surface area (Å²) in [4.78, 5) is 12.7. The Hall–Kier alpha value is -0.970. The van der Waals surface area contributed by atoms with Crippen LogP contribution in [0.2, 0.25) is 0 Å². The lowest BCUT2D eigenvalue weighted by Gasteiger charge is -2.49. The van der Waals surface area contributed by atoms with Crippen molar-refractivity contribution >= 4 is 5.78 Å². The van der Waals surface area contributed by atoms with E-state index in [1.807, 2.05) is 0 Å². The second-order valence-electron chi connectivity index (χ2n) is 10.9. The molecule has 17 heteroatoms. The molecule has 0 bridgehead atoms. The minimum atomic E-state index is -1.85. The van der Waals surface area contributed by atoms with E-state index in [0.717, 1.165) is 0 Å². The predicted octanol–water partition coefficient (Wildman–Crippen LogP) is -5.43. The molecule has 4 aliphatic heterocycles. The van der Waals surface area contributed by atoms with E-state index in [0.29, 0.717) is 0 Å². The van der Waals surface area contributed by atoms with Crippen LogP contribution in [0.4, 0.5) is 0 Å². The fraction of sp³-hybridized carbons (Fsp3) is 0.958. The number of rotatable bonds is 6. The zero-order valence-electron chi connectivity index (χ0n) is 22.8. The third-order valence-corrected chi connectivity index (χ3v) is 7.86. The van der Waals surface area contributed by atoms with Gasteiger partial charge in [0.2, 0.25) is 0 Å². The van der Waals surface area contributed by atoms with Gasteiger partial charge in [0.1, 0.15) is 67.1 Å². The van der Waals surface area contributed by atoms with Crippen LogP contribution >= 0.6 is 0 Å². The zero-order valence-corrected chi connectivity index (χ0v) is 22.8. The standard InChI is InChI=1S/C24H40O17/c1-5-9(25)12(28)14(30)22(36-5)39-18-8(4)38-24(40-19-11(27)7(3)35-21(34)17(19)33)20(16(18)32)41-23-15(31)13(29)10(26)6(2)37-23/h5-10,12-26,28-34H,1-4H3/t5-,6-,7-,8-,9+,10-,12+,13+,14-,15-,16+,17-,18-,19+,20-,21-,22+,23+,24+/m1/s1. The first-order valence-corrected chi connectivity index (χ1v) is 13.4. The Balaban J connectivity index is 1.59. The number of Topliss-reactive ketones (excluding diaryl/α,β-unsaturated/α-hetero) is 1. The second-order valence-corrected chi connectivity index (χ2v) is 10.9. The lowest BCUT2D eigenvalue weighted by Crippen LogP contribution is -2.66. The smallest absolute Gasteiger partial charge is 0.192 e.